The van der Waals surface area contributed by atoms with Crippen LogP contribution in [0.15, 0.2) is 243 Å². The lowest BCUT2D eigenvalue weighted by Gasteiger charge is -2.31. The maximum Gasteiger partial charge on any atom is 0.0725 e. The predicted molar refractivity (Wildman–Crippen MR) is 261 cm³/mol. The van der Waals surface area contributed by atoms with Gasteiger partial charge in [-0.15, -0.1) is 0 Å². The fourth-order valence-corrected chi connectivity index (χ4v) is 10.2. The zero-order valence-electron chi connectivity index (χ0n) is 34.5. The molecule has 2 nitrogen and oxygen atoms in total. The largest absolute Gasteiger partial charge is 0.311 e. The van der Waals surface area contributed by atoms with Crippen molar-refractivity contribution in [2.45, 2.75) is 5.41 Å². The van der Waals surface area contributed by atoms with Gasteiger partial charge in [0.1, 0.15) is 0 Å². The predicted octanol–water partition coefficient (Wildman–Crippen LogP) is 15.9. The van der Waals surface area contributed by atoms with Crippen molar-refractivity contribution in [3.05, 3.63) is 277 Å². The molecular formula is C61H40N2. The van der Waals surface area contributed by atoms with E-state index in [4.69, 9.17) is 0 Å². The van der Waals surface area contributed by atoms with E-state index in [0.29, 0.717) is 0 Å². The molecule has 0 bridgehead atoms. The van der Waals surface area contributed by atoms with Gasteiger partial charge in [-0.3, -0.25) is 0 Å². The molecule has 2 aliphatic rings. The maximum absolute atomic E-state index is 3.15. The van der Waals surface area contributed by atoms with Gasteiger partial charge in [0.05, 0.1) is 11.1 Å². The van der Waals surface area contributed by atoms with Crippen LogP contribution < -0.4 is 9.80 Å². The molecule has 1 spiro atoms. The van der Waals surface area contributed by atoms with E-state index in [1.54, 1.807) is 0 Å². The van der Waals surface area contributed by atoms with Crippen LogP contribution in [-0.4, -0.2) is 0 Å². The van der Waals surface area contributed by atoms with Crippen LogP contribution in [0.25, 0.3) is 44.5 Å². The van der Waals surface area contributed by atoms with E-state index < -0.39 is 5.41 Å². The van der Waals surface area contributed by atoms with Gasteiger partial charge in [-0.1, -0.05) is 164 Å². The lowest BCUT2D eigenvalue weighted by molar-refractivity contribution is 0.794. The van der Waals surface area contributed by atoms with Crippen LogP contribution >= 0.6 is 0 Å². The average Bonchev–Trinajstić information content (AvgIpc) is 3.83. The molecule has 0 saturated carbocycles. The van der Waals surface area contributed by atoms with Gasteiger partial charge >= 0.3 is 0 Å². The molecule has 10 aromatic rings. The molecule has 0 N–H and O–H groups in total. The second kappa shape index (κ2) is 15.0. The topological polar surface area (TPSA) is 6.48 Å². The maximum atomic E-state index is 3.15. The van der Waals surface area contributed by atoms with Crippen molar-refractivity contribution >= 4 is 34.1 Å². The number of rotatable bonds is 8. The fraction of sp³-hybridized carbons (Fsp3) is 0.0164. The minimum Gasteiger partial charge on any atom is -0.311 e. The number of hydrogen-bond acceptors (Lipinski definition) is 2. The first kappa shape index (κ1) is 36.5. The van der Waals surface area contributed by atoms with Gasteiger partial charge in [0.2, 0.25) is 0 Å². The zero-order chi connectivity index (χ0) is 41.7. The van der Waals surface area contributed by atoms with E-state index in [1.807, 2.05) is 12.1 Å². The average molecular weight is 801 g/mol. The monoisotopic (exact) mass is 800 g/mol. The van der Waals surface area contributed by atoms with Crippen LogP contribution in [0.3, 0.4) is 0 Å². The molecule has 10 aromatic carbocycles. The summed E-state index contributed by atoms with van der Waals surface area (Å²) >= 11 is 0. The molecule has 0 radical (unpaired) electrons. The zero-order valence-corrected chi connectivity index (χ0v) is 34.5. The van der Waals surface area contributed by atoms with Crippen molar-refractivity contribution in [3.8, 4) is 44.5 Å². The molecule has 0 saturated heterocycles. The summed E-state index contributed by atoms with van der Waals surface area (Å²) in [6.45, 7) is 0. The van der Waals surface area contributed by atoms with Crippen molar-refractivity contribution in [1.29, 1.82) is 0 Å². The number of hydrogen-bond donors (Lipinski definition) is 0. The second-order valence-electron chi connectivity index (χ2n) is 16.3. The Morgan fingerprint density at radius 2 is 0.635 bits per heavy atom. The van der Waals surface area contributed by atoms with Gasteiger partial charge < -0.3 is 9.80 Å². The van der Waals surface area contributed by atoms with Crippen molar-refractivity contribution in [3.63, 3.8) is 0 Å². The molecule has 0 aromatic heterocycles. The molecule has 0 amide bonds. The van der Waals surface area contributed by atoms with Gasteiger partial charge in [-0.25, -0.2) is 0 Å². The van der Waals surface area contributed by atoms with Crippen LogP contribution in [0.4, 0.5) is 34.1 Å². The van der Waals surface area contributed by atoms with E-state index in [1.165, 1.54) is 66.8 Å². The van der Waals surface area contributed by atoms with Crippen LogP contribution in [0.1, 0.15) is 22.3 Å². The Labute approximate surface area is 369 Å². The Hall–Kier alpha value is -8.38. The highest BCUT2D eigenvalue weighted by Gasteiger charge is 2.51. The third-order valence-corrected chi connectivity index (χ3v) is 12.9. The molecule has 0 heterocycles. The summed E-state index contributed by atoms with van der Waals surface area (Å²) in [7, 11) is 0. The third-order valence-electron chi connectivity index (χ3n) is 12.9. The van der Waals surface area contributed by atoms with E-state index in [-0.39, 0.29) is 0 Å². The number of para-hydroxylation sites is 3. The van der Waals surface area contributed by atoms with Crippen LogP contribution in [0, 0.1) is 12.1 Å². The van der Waals surface area contributed by atoms with E-state index in [2.05, 4.69) is 252 Å². The Balaban J connectivity index is 0.976. The number of nitrogens with zero attached hydrogens (tertiary/aromatic N) is 2. The van der Waals surface area contributed by atoms with Gasteiger partial charge in [0.15, 0.2) is 0 Å². The van der Waals surface area contributed by atoms with Crippen molar-refractivity contribution in [1.82, 2.24) is 0 Å². The summed E-state index contributed by atoms with van der Waals surface area (Å²) in [6, 6.07) is 94.3. The summed E-state index contributed by atoms with van der Waals surface area (Å²) < 4.78 is 0. The highest BCUT2D eigenvalue weighted by Crippen LogP contribution is 2.63. The standard InChI is InChI=1S/C61H40N2/c1-5-17-47(18-6-1)62(48-19-7-2-8-20-48)51-35-29-43(30-36-51)45-33-39-55-56-40-34-46(44-31-37-52(38-32-44)63(49-21-9-3-10-22-49)50-23-11-4-12-24-50)42-60(56)61(59(55)41-45)57-27-15-13-25-53(57)54-26-14-16-28-58(54)61/h1-3,5-11,13-42H. The van der Waals surface area contributed by atoms with Gasteiger partial charge in [-0.05, 0) is 152 Å². The van der Waals surface area contributed by atoms with E-state index in [0.717, 1.165) is 34.1 Å². The minimum atomic E-state index is -0.480. The minimum absolute atomic E-state index is 0.480. The quantitative estimate of drug-likeness (QED) is 0.151. The molecule has 63 heavy (non-hydrogen) atoms. The van der Waals surface area contributed by atoms with E-state index in [9.17, 15) is 0 Å². The number of fused-ring (bicyclic) bond motifs is 10. The smallest absolute Gasteiger partial charge is 0.0725 e. The van der Waals surface area contributed by atoms with Crippen LogP contribution in [0.5, 0.6) is 0 Å². The first-order chi connectivity index (χ1) is 31.3. The molecule has 12 rings (SSSR count). The molecule has 2 aliphatic carbocycles. The summed E-state index contributed by atoms with van der Waals surface area (Å²) in [6.07, 6.45) is 0. The summed E-state index contributed by atoms with van der Waals surface area (Å²) in [4.78, 5) is 4.58. The Morgan fingerprint density at radius 1 is 0.270 bits per heavy atom. The Morgan fingerprint density at radius 3 is 1.06 bits per heavy atom. The molecule has 0 fully saturated rings. The van der Waals surface area contributed by atoms with Gasteiger partial charge in [0, 0.05) is 34.5 Å². The van der Waals surface area contributed by atoms with Crippen molar-refractivity contribution in [2.24, 2.45) is 0 Å². The van der Waals surface area contributed by atoms with Gasteiger partial charge in [0.25, 0.3) is 0 Å². The lowest BCUT2D eigenvalue weighted by atomic mass is 9.70. The fourth-order valence-electron chi connectivity index (χ4n) is 10.2. The van der Waals surface area contributed by atoms with Crippen molar-refractivity contribution < 1.29 is 0 Å². The SMILES string of the molecule is c1ccc(N(c2ccccc2)c2ccc(-c3ccc4c(c3)C3(c5ccccc5-c5ccccc53)c3cc(-c5ccc(N(c6ccccc6)c6ccccc6)cc5)ccc3-4)cc2)cc#1. The molecule has 2 heteroatoms. The highest BCUT2D eigenvalue weighted by molar-refractivity contribution is 5.97. The summed E-state index contributed by atoms with van der Waals surface area (Å²) in [5.74, 6) is 0. The molecule has 0 unspecified atom stereocenters. The summed E-state index contributed by atoms with van der Waals surface area (Å²) in [5, 5.41) is 0. The lowest BCUT2D eigenvalue weighted by Crippen LogP contribution is -2.26. The van der Waals surface area contributed by atoms with Crippen LogP contribution in [0.2, 0.25) is 0 Å². The molecule has 0 atom stereocenters. The first-order valence-electron chi connectivity index (χ1n) is 21.6. The summed E-state index contributed by atoms with van der Waals surface area (Å²) in [5.41, 5.74) is 21.4. The number of benzene rings is 9. The first-order valence-corrected chi connectivity index (χ1v) is 21.6. The molecule has 294 valence electrons. The van der Waals surface area contributed by atoms with Crippen LogP contribution in [-0.2, 0) is 5.41 Å². The molecular weight excluding hydrogens is 761 g/mol. The third kappa shape index (κ3) is 5.90. The Kier molecular flexibility index (Phi) is 8.66. The van der Waals surface area contributed by atoms with Crippen molar-refractivity contribution in [2.75, 3.05) is 9.80 Å². The Bertz CT molecular complexity index is 2950. The van der Waals surface area contributed by atoms with E-state index >= 15 is 0 Å². The number of anilines is 6. The normalized spacial score (nSPS) is 12.4. The highest BCUT2D eigenvalue weighted by atomic mass is 15.1. The second-order valence-corrected chi connectivity index (χ2v) is 16.3. The molecule has 0 aliphatic heterocycles. The van der Waals surface area contributed by atoms with Gasteiger partial charge in [-0.2, -0.15) is 0 Å².